The molecule has 1 fully saturated rings. The van der Waals surface area contributed by atoms with Gasteiger partial charge in [-0.15, -0.1) is 0 Å². The number of halogens is 1. The van der Waals surface area contributed by atoms with E-state index in [9.17, 15) is 24.3 Å². The van der Waals surface area contributed by atoms with Crippen LogP contribution in [0, 0.1) is 6.92 Å². The van der Waals surface area contributed by atoms with Crippen LogP contribution in [-0.4, -0.2) is 45.5 Å². The van der Waals surface area contributed by atoms with E-state index >= 15 is 0 Å². The summed E-state index contributed by atoms with van der Waals surface area (Å²) in [6.45, 7) is 5.11. The lowest BCUT2D eigenvalue weighted by Gasteiger charge is -2.39. The highest BCUT2D eigenvalue weighted by Gasteiger charge is 2.49. The molecule has 1 saturated heterocycles. The van der Waals surface area contributed by atoms with Gasteiger partial charge < -0.3 is 21.1 Å². The normalized spacial score (nSPS) is 22.3. The van der Waals surface area contributed by atoms with Gasteiger partial charge in [0.2, 0.25) is 11.8 Å². The first-order valence-electron chi connectivity index (χ1n) is 11.8. The molecule has 0 spiro atoms. The number of hydrogen-bond acceptors (Lipinski definition) is 6. The summed E-state index contributed by atoms with van der Waals surface area (Å²) < 4.78 is 0. The van der Waals surface area contributed by atoms with E-state index in [-0.39, 0.29) is 24.6 Å². The smallest absolute Gasteiger partial charge is 0.319 e. The number of amides is 5. The maximum atomic E-state index is 12.7. The van der Waals surface area contributed by atoms with Crippen LogP contribution < -0.4 is 21.3 Å². The summed E-state index contributed by atoms with van der Waals surface area (Å²) in [6, 6.07) is 10.6. The van der Waals surface area contributed by atoms with Gasteiger partial charge in [0.05, 0.1) is 11.7 Å². The minimum atomic E-state index is -1.80. The van der Waals surface area contributed by atoms with Crippen molar-refractivity contribution in [2.45, 2.75) is 51.4 Å². The average Bonchev–Trinajstić information content (AvgIpc) is 3.04. The molecular formula is C26H28ClN5O5. The number of anilines is 2. The lowest BCUT2D eigenvalue weighted by Crippen LogP contribution is -2.60. The molecule has 5 amide bonds. The second-order valence-electron chi connectivity index (χ2n) is 9.29. The van der Waals surface area contributed by atoms with E-state index in [1.807, 2.05) is 26.0 Å². The van der Waals surface area contributed by atoms with Crippen LogP contribution >= 0.6 is 11.6 Å². The third kappa shape index (κ3) is 5.60. The van der Waals surface area contributed by atoms with Crippen LogP contribution in [0.4, 0.5) is 16.2 Å². The van der Waals surface area contributed by atoms with Gasteiger partial charge in [-0.2, -0.15) is 0 Å². The number of nitrogens with one attached hydrogen (secondary N) is 4. The zero-order valence-electron chi connectivity index (χ0n) is 20.6. The zero-order chi connectivity index (χ0) is 26.9. The third-order valence-electron chi connectivity index (χ3n) is 6.45. The quantitative estimate of drug-likeness (QED) is 0.367. The average molecular weight is 526 g/mol. The molecule has 5 N–H and O–H groups in total. The monoisotopic (exact) mass is 525 g/mol. The van der Waals surface area contributed by atoms with Crippen molar-refractivity contribution < 1.29 is 24.3 Å². The van der Waals surface area contributed by atoms with E-state index in [0.717, 1.165) is 16.0 Å². The highest BCUT2D eigenvalue weighted by molar-refractivity contribution is 6.31. The summed E-state index contributed by atoms with van der Waals surface area (Å²) in [5, 5.41) is 22.6. The Morgan fingerprint density at radius 3 is 2.65 bits per heavy atom. The number of piperidine rings is 1. The zero-order valence-corrected chi connectivity index (χ0v) is 21.3. The van der Waals surface area contributed by atoms with Crippen molar-refractivity contribution >= 4 is 46.7 Å². The lowest BCUT2D eigenvalue weighted by atomic mass is 10.0. The Balaban J connectivity index is 1.43. The predicted octanol–water partition coefficient (Wildman–Crippen LogP) is 3.18. The van der Waals surface area contributed by atoms with Crippen LogP contribution in [0.2, 0.25) is 5.02 Å². The molecule has 2 aliphatic heterocycles. The molecule has 0 bridgehead atoms. The predicted molar refractivity (Wildman–Crippen MR) is 139 cm³/mol. The van der Waals surface area contributed by atoms with Crippen molar-refractivity contribution in [3.63, 3.8) is 0 Å². The van der Waals surface area contributed by atoms with Crippen LogP contribution in [0.5, 0.6) is 0 Å². The molecule has 4 rings (SSSR count). The molecule has 37 heavy (non-hydrogen) atoms. The summed E-state index contributed by atoms with van der Waals surface area (Å²) in [5.74, 6) is -1.57. The van der Waals surface area contributed by atoms with Gasteiger partial charge >= 0.3 is 6.03 Å². The molecule has 0 radical (unpaired) electrons. The first kappa shape index (κ1) is 26.2. The fourth-order valence-electron chi connectivity index (χ4n) is 4.37. The summed E-state index contributed by atoms with van der Waals surface area (Å²) in [6.07, 6.45) is 1.44. The molecule has 2 aromatic carbocycles. The van der Waals surface area contributed by atoms with E-state index in [2.05, 4.69) is 21.3 Å². The molecule has 0 aromatic heterocycles. The Morgan fingerprint density at radius 2 is 1.95 bits per heavy atom. The Hall–Kier alpha value is -3.89. The maximum Gasteiger partial charge on any atom is 0.319 e. The number of nitrogens with zero attached hydrogens (tertiary/aromatic N) is 1. The third-order valence-corrected chi connectivity index (χ3v) is 6.86. The highest BCUT2D eigenvalue weighted by atomic mass is 35.5. The number of benzene rings is 2. The van der Waals surface area contributed by atoms with Crippen molar-refractivity contribution in [2.24, 2.45) is 0 Å². The number of aliphatic hydroxyl groups is 1. The summed E-state index contributed by atoms with van der Waals surface area (Å²) in [5.41, 5.74) is 1.21. The van der Waals surface area contributed by atoms with Gasteiger partial charge in [-0.3, -0.25) is 24.6 Å². The molecule has 0 saturated carbocycles. The topological polar surface area (TPSA) is 140 Å². The number of hydrogen-bond donors (Lipinski definition) is 5. The van der Waals surface area contributed by atoms with Gasteiger partial charge in [-0.1, -0.05) is 29.8 Å². The number of carbonyl (C=O) groups excluding carboxylic acids is 4. The second kappa shape index (κ2) is 10.2. The Bertz CT molecular complexity index is 1310. The Labute approximate surface area is 219 Å². The largest absolute Gasteiger partial charge is 0.366 e. The van der Waals surface area contributed by atoms with Crippen molar-refractivity contribution in [1.82, 2.24) is 15.5 Å². The molecule has 3 unspecified atom stereocenters. The van der Waals surface area contributed by atoms with E-state index in [0.29, 0.717) is 16.4 Å². The molecule has 3 atom stereocenters. The SMILES string of the molecule is Cc1ccc(NC(=O)NC(C)c2cccc(NC3=CC(=O)N(C4CCC(=O)NC4=O)C3(C)O)c2)cc1Cl. The van der Waals surface area contributed by atoms with Gasteiger partial charge in [0, 0.05) is 28.9 Å². The number of urea groups is 1. The number of rotatable bonds is 6. The summed E-state index contributed by atoms with van der Waals surface area (Å²) >= 11 is 6.12. The number of carbonyl (C=O) groups is 4. The van der Waals surface area contributed by atoms with Gasteiger partial charge in [0.25, 0.3) is 5.91 Å². The van der Waals surface area contributed by atoms with Crippen molar-refractivity contribution in [3.05, 3.63) is 70.4 Å². The van der Waals surface area contributed by atoms with Crippen LogP contribution in [0.1, 0.15) is 43.9 Å². The Kier molecular flexibility index (Phi) is 7.24. The number of aryl methyl sites for hydroxylation is 1. The van der Waals surface area contributed by atoms with Crippen molar-refractivity contribution in [1.29, 1.82) is 0 Å². The molecule has 10 nitrogen and oxygen atoms in total. The van der Waals surface area contributed by atoms with Gasteiger partial charge in [-0.05, 0) is 62.6 Å². The van der Waals surface area contributed by atoms with Gasteiger partial charge in [0.15, 0.2) is 5.72 Å². The summed E-state index contributed by atoms with van der Waals surface area (Å²) in [7, 11) is 0. The van der Waals surface area contributed by atoms with Crippen LogP contribution in [0.15, 0.2) is 54.2 Å². The molecule has 2 aromatic rings. The summed E-state index contributed by atoms with van der Waals surface area (Å²) in [4.78, 5) is 50.1. The van der Waals surface area contributed by atoms with Crippen molar-refractivity contribution in [2.75, 3.05) is 10.6 Å². The molecule has 0 aliphatic carbocycles. The second-order valence-corrected chi connectivity index (χ2v) is 9.70. The minimum absolute atomic E-state index is 0.0799. The van der Waals surface area contributed by atoms with Crippen LogP contribution in [0.3, 0.4) is 0 Å². The highest BCUT2D eigenvalue weighted by Crippen LogP contribution is 2.34. The Morgan fingerprint density at radius 1 is 1.19 bits per heavy atom. The molecule has 2 aliphatic rings. The van der Waals surface area contributed by atoms with Crippen LogP contribution in [-0.2, 0) is 14.4 Å². The molecule has 2 heterocycles. The fourth-order valence-corrected chi connectivity index (χ4v) is 4.55. The standard InChI is InChI=1S/C26H28ClN5O5/c1-14-7-8-18(12-19(14)27)30-25(36)28-15(2)16-5-4-6-17(11-16)29-21-13-23(34)32(26(21,3)37)20-9-10-22(33)31-24(20)35/h4-8,11-13,15,20,29,37H,9-10H2,1-3H3,(H2,28,30,36)(H,31,33,35). The van der Waals surface area contributed by atoms with E-state index in [4.69, 9.17) is 11.6 Å². The van der Waals surface area contributed by atoms with E-state index in [1.54, 1.807) is 30.3 Å². The lowest BCUT2D eigenvalue weighted by molar-refractivity contribution is -0.158. The van der Waals surface area contributed by atoms with Crippen molar-refractivity contribution in [3.8, 4) is 0 Å². The molecule has 194 valence electrons. The minimum Gasteiger partial charge on any atom is -0.366 e. The fraction of sp³-hybridized carbons (Fsp3) is 0.308. The number of imide groups is 1. The van der Waals surface area contributed by atoms with E-state index < -0.39 is 35.5 Å². The first-order chi connectivity index (χ1) is 17.5. The first-order valence-corrected chi connectivity index (χ1v) is 12.2. The van der Waals surface area contributed by atoms with Crippen LogP contribution in [0.25, 0.3) is 0 Å². The molecule has 11 heteroatoms. The van der Waals surface area contributed by atoms with Gasteiger partial charge in [-0.25, -0.2) is 4.79 Å². The maximum absolute atomic E-state index is 12.7. The van der Waals surface area contributed by atoms with E-state index in [1.165, 1.54) is 13.0 Å². The van der Waals surface area contributed by atoms with Gasteiger partial charge in [0.1, 0.15) is 6.04 Å². The molecular weight excluding hydrogens is 498 g/mol.